The van der Waals surface area contributed by atoms with Crippen LogP contribution < -0.4 is 10.9 Å². The molecule has 238 valence electrons. The lowest BCUT2D eigenvalue weighted by Crippen LogP contribution is -2.00. The van der Waals surface area contributed by atoms with Crippen molar-refractivity contribution in [2.45, 2.75) is 0 Å². The second kappa shape index (κ2) is 12.1. The average molecular weight is 656 g/mol. The summed E-state index contributed by atoms with van der Waals surface area (Å²) in [5, 5.41) is 4.60. The van der Waals surface area contributed by atoms with Crippen LogP contribution in [0.3, 0.4) is 0 Å². The molecule has 52 heavy (non-hydrogen) atoms. The third-order valence-electron chi connectivity index (χ3n) is 10.4. The first kappa shape index (κ1) is 30.3. The fourth-order valence-corrected chi connectivity index (χ4v) is 7.88. The molecule has 8 aromatic carbocycles. The van der Waals surface area contributed by atoms with E-state index in [2.05, 4.69) is 179 Å². The van der Waals surface area contributed by atoms with Gasteiger partial charge in [-0.3, -0.25) is 0 Å². The number of fused-ring (bicyclic) bond motifs is 6. The molecule has 4 radical (unpaired) electrons. The van der Waals surface area contributed by atoms with Gasteiger partial charge in [0, 0.05) is 32.9 Å². The molecule has 0 aliphatic carbocycles. The molecule has 10 aromatic rings. The Labute approximate surface area is 305 Å². The molecule has 4 heteroatoms. The maximum absolute atomic E-state index is 6.40. The standard InChI is InChI=1S/C48H30B2N2/c49-37-18-24-46-43(29-37)41-22-16-36(28-48(41)52(46)40-13-7-12-34(26-40)32-10-5-2-6-11-32)35-17-23-45-42(27-35)44-30-38(50)19-25-47(44)51(45)39-20-14-33(15-21-39)31-8-3-1-4-9-31/h1-30H. The highest BCUT2D eigenvalue weighted by Crippen LogP contribution is 2.38. The predicted molar refractivity (Wildman–Crippen MR) is 222 cm³/mol. The molecule has 2 aromatic heterocycles. The van der Waals surface area contributed by atoms with E-state index in [9.17, 15) is 0 Å². The van der Waals surface area contributed by atoms with Gasteiger partial charge in [-0.05, 0) is 88.0 Å². The quantitative estimate of drug-likeness (QED) is 0.163. The summed E-state index contributed by atoms with van der Waals surface area (Å²) in [6.45, 7) is 0. The lowest BCUT2D eigenvalue weighted by Gasteiger charge is -2.12. The van der Waals surface area contributed by atoms with E-state index >= 15 is 0 Å². The van der Waals surface area contributed by atoms with Crippen LogP contribution in [-0.4, -0.2) is 24.8 Å². The van der Waals surface area contributed by atoms with Gasteiger partial charge in [0.2, 0.25) is 0 Å². The zero-order valence-corrected chi connectivity index (χ0v) is 28.4. The molecule has 0 bridgehead atoms. The van der Waals surface area contributed by atoms with Gasteiger partial charge in [-0.25, -0.2) is 0 Å². The smallest absolute Gasteiger partial charge is 0.113 e. The molecule has 0 aliphatic heterocycles. The van der Waals surface area contributed by atoms with Crippen LogP contribution in [0.2, 0.25) is 0 Å². The molecule has 0 amide bonds. The van der Waals surface area contributed by atoms with E-state index in [1.54, 1.807) is 0 Å². The fourth-order valence-electron chi connectivity index (χ4n) is 7.88. The Balaban J connectivity index is 1.14. The van der Waals surface area contributed by atoms with Crippen molar-refractivity contribution < 1.29 is 0 Å². The van der Waals surface area contributed by atoms with E-state index in [0.717, 1.165) is 71.7 Å². The number of hydrogen-bond acceptors (Lipinski definition) is 0. The van der Waals surface area contributed by atoms with Gasteiger partial charge >= 0.3 is 0 Å². The molecule has 0 saturated carbocycles. The van der Waals surface area contributed by atoms with Crippen LogP contribution in [0.5, 0.6) is 0 Å². The minimum Gasteiger partial charge on any atom is -0.309 e. The maximum Gasteiger partial charge on any atom is 0.113 e. The maximum atomic E-state index is 6.40. The molecule has 10 rings (SSSR count). The first-order valence-electron chi connectivity index (χ1n) is 17.6. The highest BCUT2D eigenvalue weighted by Gasteiger charge is 2.17. The zero-order chi connectivity index (χ0) is 34.8. The topological polar surface area (TPSA) is 9.86 Å². The molecular weight excluding hydrogens is 626 g/mol. The summed E-state index contributed by atoms with van der Waals surface area (Å²) in [5.74, 6) is 0. The molecule has 0 unspecified atom stereocenters. The lowest BCUT2D eigenvalue weighted by atomic mass is 9.93. The summed E-state index contributed by atoms with van der Waals surface area (Å²) in [6.07, 6.45) is 0. The molecule has 0 fully saturated rings. The molecule has 0 N–H and O–H groups in total. The van der Waals surface area contributed by atoms with E-state index in [0.29, 0.717) is 0 Å². The molecular formula is C48H30B2N2. The van der Waals surface area contributed by atoms with Crippen molar-refractivity contribution in [3.63, 3.8) is 0 Å². The van der Waals surface area contributed by atoms with Crippen LogP contribution in [0.4, 0.5) is 0 Å². The Hall–Kier alpha value is -6.51. The van der Waals surface area contributed by atoms with Gasteiger partial charge in [0.05, 0.1) is 22.1 Å². The van der Waals surface area contributed by atoms with Crippen LogP contribution in [0.15, 0.2) is 182 Å². The van der Waals surface area contributed by atoms with Crippen LogP contribution >= 0.6 is 0 Å². The van der Waals surface area contributed by atoms with E-state index in [-0.39, 0.29) is 0 Å². The van der Waals surface area contributed by atoms with Crippen molar-refractivity contribution in [1.82, 2.24) is 9.13 Å². The third kappa shape index (κ3) is 4.99. The SMILES string of the molecule is [B]c1ccc2c(c1)c1cc(-c3ccc4c5cc([B])ccc5n(-c5cccc(-c6ccccc6)c5)c4c3)ccc1n2-c1ccc(-c2ccccc2)cc1. The fraction of sp³-hybridized carbons (Fsp3) is 0. The van der Waals surface area contributed by atoms with Crippen molar-refractivity contribution >= 4 is 70.2 Å². The normalized spacial score (nSPS) is 11.6. The summed E-state index contributed by atoms with van der Waals surface area (Å²) < 4.78 is 4.71. The van der Waals surface area contributed by atoms with Gasteiger partial charge in [0.25, 0.3) is 0 Å². The van der Waals surface area contributed by atoms with Crippen molar-refractivity contribution in [1.29, 1.82) is 0 Å². The van der Waals surface area contributed by atoms with Gasteiger partial charge in [0.15, 0.2) is 0 Å². The summed E-state index contributed by atoms with van der Waals surface area (Å²) in [5.41, 5.74) is 15.3. The van der Waals surface area contributed by atoms with Gasteiger partial charge in [-0.1, -0.05) is 138 Å². The Morgan fingerprint density at radius 1 is 0.269 bits per heavy atom. The third-order valence-corrected chi connectivity index (χ3v) is 10.4. The van der Waals surface area contributed by atoms with Crippen molar-refractivity contribution in [2.24, 2.45) is 0 Å². The number of benzene rings is 8. The van der Waals surface area contributed by atoms with E-state index < -0.39 is 0 Å². The molecule has 2 heterocycles. The summed E-state index contributed by atoms with van der Waals surface area (Å²) in [4.78, 5) is 0. The number of rotatable bonds is 5. The molecule has 0 spiro atoms. The summed E-state index contributed by atoms with van der Waals surface area (Å²) in [7, 11) is 12.8. The van der Waals surface area contributed by atoms with E-state index in [4.69, 9.17) is 15.7 Å². The summed E-state index contributed by atoms with van der Waals surface area (Å²) >= 11 is 0. The minimum atomic E-state index is 0.749. The van der Waals surface area contributed by atoms with Crippen LogP contribution in [-0.2, 0) is 0 Å². The predicted octanol–water partition coefficient (Wildman–Crippen LogP) is 10.5. The van der Waals surface area contributed by atoms with Crippen LogP contribution in [0.1, 0.15) is 0 Å². The highest BCUT2D eigenvalue weighted by atomic mass is 15.0. The van der Waals surface area contributed by atoms with Gasteiger partial charge < -0.3 is 9.13 Å². The first-order chi connectivity index (χ1) is 25.6. The molecule has 0 atom stereocenters. The monoisotopic (exact) mass is 656 g/mol. The van der Waals surface area contributed by atoms with Crippen LogP contribution in [0, 0.1) is 0 Å². The Morgan fingerprint density at radius 2 is 0.731 bits per heavy atom. The second-order valence-electron chi connectivity index (χ2n) is 13.5. The van der Waals surface area contributed by atoms with E-state index in [1.807, 2.05) is 12.1 Å². The van der Waals surface area contributed by atoms with Crippen molar-refractivity contribution in [2.75, 3.05) is 0 Å². The van der Waals surface area contributed by atoms with Crippen molar-refractivity contribution in [3.8, 4) is 44.8 Å². The molecule has 0 aliphatic rings. The second-order valence-corrected chi connectivity index (χ2v) is 13.5. The van der Waals surface area contributed by atoms with Gasteiger partial charge in [-0.15, -0.1) is 0 Å². The molecule has 0 saturated heterocycles. The summed E-state index contributed by atoms with van der Waals surface area (Å²) in [6, 6.07) is 64.6. The lowest BCUT2D eigenvalue weighted by molar-refractivity contribution is 1.18. The Kier molecular flexibility index (Phi) is 7.04. The number of aromatic nitrogens is 2. The number of hydrogen-bond donors (Lipinski definition) is 0. The van der Waals surface area contributed by atoms with Gasteiger partial charge in [-0.2, -0.15) is 0 Å². The minimum absolute atomic E-state index is 0.749. The van der Waals surface area contributed by atoms with E-state index in [1.165, 1.54) is 27.6 Å². The van der Waals surface area contributed by atoms with Crippen LogP contribution in [0.25, 0.3) is 88.4 Å². The largest absolute Gasteiger partial charge is 0.309 e. The highest BCUT2D eigenvalue weighted by molar-refractivity contribution is 6.34. The van der Waals surface area contributed by atoms with Crippen molar-refractivity contribution in [3.05, 3.63) is 182 Å². The zero-order valence-electron chi connectivity index (χ0n) is 28.4. The Morgan fingerprint density at radius 3 is 1.40 bits per heavy atom. The molecule has 2 nitrogen and oxygen atoms in total. The Bertz CT molecular complexity index is 2960. The average Bonchev–Trinajstić information content (AvgIpc) is 3.69. The first-order valence-corrected chi connectivity index (χ1v) is 17.6. The van der Waals surface area contributed by atoms with Gasteiger partial charge in [0.1, 0.15) is 15.7 Å². The number of nitrogens with zero attached hydrogens (tertiary/aromatic N) is 2.